The van der Waals surface area contributed by atoms with Gasteiger partial charge in [-0.15, -0.1) is 0 Å². The predicted molar refractivity (Wildman–Crippen MR) is 70.6 cm³/mol. The largest absolute Gasteiger partial charge is 0.497 e. The Balaban J connectivity index is 2.04. The molecular formula is C12H16N2OS. The highest BCUT2D eigenvalue weighted by Gasteiger charge is 2.16. The maximum atomic E-state index is 5.17. The average Bonchev–Trinajstić information content (AvgIpc) is 2.77. The van der Waals surface area contributed by atoms with Gasteiger partial charge in [0, 0.05) is 17.5 Å². The number of benzene rings is 1. The molecule has 1 aliphatic rings. The Bertz CT molecular complexity index is 392. The Morgan fingerprint density at radius 1 is 1.56 bits per heavy atom. The SMILES string of the molecule is CCC1CSC(Nc2cccc(OC)c2)=N1. The number of ether oxygens (including phenoxy) is 1. The molecule has 4 heteroatoms. The maximum absolute atomic E-state index is 5.17. The minimum absolute atomic E-state index is 0.470. The third kappa shape index (κ3) is 2.70. The molecule has 1 aliphatic heterocycles. The van der Waals surface area contributed by atoms with E-state index in [9.17, 15) is 0 Å². The first-order valence-electron chi connectivity index (χ1n) is 5.43. The van der Waals surface area contributed by atoms with Gasteiger partial charge in [-0.1, -0.05) is 24.8 Å². The van der Waals surface area contributed by atoms with Gasteiger partial charge in [-0.2, -0.15) is 0 Å². The monoisotopic (exact) mass is 236 g/mol. The zero-order valence-electron chi connectivity index (χ0n) is 9.56. The fourth-order valence-electron chi connectivity index (χ4n) is 1.52. The lowest BCUT2D eigenvalue weighted by atomic mass is 10.3. The molecule has 1 heterocycles. The van der Waals surface area contributed by atoms with E-state index in [1.807, 2.05) is 24.3 Å². The molecule has 0 saturated heterocycles. The molecule has 1 aromatic carbocycles. The van der Waals surface area contributed by atoms with Gasteiger partial charge >= 0.3 is 0 Å². The summed E-state index contributed by atoms with van der Waals surface area (Å²) in [5.74, 6) is 1.95. The van der Waals surface area contributed by atoms with Crippen LogP contribution in [0.1, 0.15) is 13.3 Å². The first-order chi connectivity index (χ1) is 7.81. The summed E-state index contributed by atoms with van der Waals surface area (Å²) >= 11 is 1.78. The fraction of sp³-hybridized carbons (Fsp3) is 0.417. The van der Waals surface area contributed by atoms with Crippen LogP contribution in [0.25, 0.3) is 0 Å². The number of methoxy groups -OCH3 is 1. The van der Waals surface area contributed by atoms with Crippen LogP contribution in [0.2, 0.25) is 0 Å². The molecule has 3 nitrogen and oxygen atoms in total. The van der Waals surface area contributed by atoms with Gasteiger partial charge in [0.25, 0.3) is 0 Å². The van der Waals surface area contributed by atoms with Gasteiger partial charge in [0.2, 0.25) is 0 Å². The zero-order valence-corrected chi connectivity index (χ0v) is 10.4. The Kier molecular flexibility index (Phi) is 3.72. The molecule has 0 amide bonds. The minimum atomic E-state index is 0.470. The van der Waals surface area contributed by atoms with Crippen molar-refractivity contribution in [2.24, 2.45) is 4.99 Å². The third-order valence-electron chi connectivity index (χ3n) is 2.50. The van der Waals surface area contributed by atoms with E-state index >= 15 is 0 Å². The summed E-state index contributed by atoms with van der Waals surface area (Å²) in [5.41, 5.74) is 1.03. The van der Waals surface area contributed by atoms with Gasteiger partial charge in [-0.25, -0.2) is 0 Å². The molecule has 0 fully saturated rings. The molecule has 0 saturated carbocycles. The van der Waals surface area contributed by atoms with Crippen molar-refractivity contribution in [3.8, 4) is 5.75 Å². The van der Waals surface area contributed by atoms with Crippen LogP contribution in [0.3, 0.4) is 0 Å². The van der Waals surface area contributed by atoms with Crippen LogP contribution in [-0.2, 0) is 0 Å². The van der Waals surface area contributed by atoms with Crippen molar-refractivity contribution in [1.82, 2.24) is 0 Å². The van der Waals surface area contributed by atoms with Gasteiger partial charge in [0.1, 0.15) is 5.75 Å². The van der Waals surface area contributed by atoms with E-state index in [0.29, 0.717) is 6.04 Å². The third-order valence-corrected chi connectivity index (χ3v) is 3.54. The standard InChI is InChI=1S/C12H16N2OS/c1-3-9-8-16-12(13-9)14-10-5-4-6-11(7-10)15-2/h4-7,9H,3,8H2,1-2H3,(H,13,14). The smallest absolute Gasteiger partial charge is 0.161 e. The second-order valence-electron chi connectivity index (χ2n) is 3.66. The van der Waals surface area contributed by atoms with Crippen molar-refractivity contribution in [2.75, 3.05) is 18.2 Å². The number of hydrogen-bond acceptors (Lipinski definition) is 4. The fourth-order valence-corrected chi connectivity index (χ4v) is 2.59. The quantitative estimate of drug-likeness (QED) is 0.876. The second kappa shape index (κ2) is 5.25. The number of anilines is 1. The number of hydrogen-bond donors (Lipinski definition) is 1. The summed E-state index contributed by atoms with van der Waals surface area (Å²) in [7, 11) is 1.67. The molecule has 2 rings (SSSR count). The average molecular weight is 236 g/mol. The summed E-state index contributed by atoms with van der Waals surface area (Å²) in [4.78, 5) is 4.58. The van der Waals surface area contributed by atoms with Crippen molar-refractivity contribution >= 4 is 22.6 Å². The van der Waals surface area contributed by atoms with Crippen LogP contribution in [0.5, 0.6) is 5.75 Å². The van der Waals surface area contributed by atoms with E-state index in [1.54, 1.807) is 18.9 Å². The Morgan fingerprint density at radius 2 is 2.44 bits per heavy atom. The van der Waals surface area contributed by atoms with E-state index in [-0.39, 0.29) is 0 Å². The van der Waals surface area contributed by atoms with Crippen molar-refractivity contribution in [2.45, 2.75) is 19.4 Å². The molecule has 86 valence electrons. The van der Waals surface area contributed by atoms with E-state index in [2.05, 4.69) is 17.2 Å². The highest BCUT2D eigenvalue weighted by atomic mass is 32.2. The first kappa shape index (κ1) is 11.3. The number of aliphatic imine (C=N–C) groups is 1. The number of amidine groups is 1. The van der Waals surface area contributed by atoms with E-state index in [0.717, 1.165) is 28.8 Å². The second-order valence-corrected chi connectivity index (χ2v) is 4.67. The first-order valence-corrected chi connectivity index (χ1v) is 6.42. The summed E-state index contributed by atoms with van der Waals surface area (Å²) in [6, 6.07) is 8.37. The lowest BCUT2D eigenvalue weighted by Gasteiger charge is -2.06. The maximum Gasteiger partial charge on any atom is 0.161 e. The Labute approximate surface area is 100 Å². The molecule has 0 bridgehead atoms. The highest BCUT2D eigenvalue weighted by Crippen LogP contribution is 2.23. The highest BCUT2D eigenvalue weighted by molar-refractivity contribution is 8.14. The van der Waals surface area contributed by atoms with Gasteiger partial charge in [-0.3, -0.25) is 4.99 Å². The number of nitrogens with zero attached hydrogens (tertiary/aromatic N) is 1. The number of nitrogens with one attached hydrogen (secondary N) is 1. The van der Waals surface area contributed by atoms with Gasteiger partial charge in [0.05, 0.1) is 13.2 Å². The molecule has 1 unspecified atom stereocenters. The van der Waals surface area contributed by atoms with Crippen LogP contribution in [-0.4, -0.2) is 24.1 Å². The van der Waals surface area contributed by atoms with Crippen molar-refractivity contribution in [1.29, 1.82) is 0 Å². The molecule has 16 heavy (non-hydrogen) atoms. The molecule has 0 spiro atoms. The topological polar surface area (TPSA) is 33.6 Å². The van der Waals surface area contributed by atoms with Gasteiger partial charge in [0.15, 0.2) is 5.17 Å². The lowest BCUT2D eigenvalue weighted by Crippen LogP contribution is -2.05. The Morgan fingerprint density at radius 3 is 3.12 bits per heavy atom. The van der Waals surface area contributed by atoms with Gasteiger partial charge in [-0.05, 0) is 18.6 Å². The minimum Gasteiger partial charge on any atom is -0.497 e. The summed E-state index contributed by atoms with van der Waals surface area (Å²) < 4.78 is 5.17. The number of thioether (sulfide) groups is 1. The zero-order chi connectivity index (χ0) is 11.4. The molecule has 0 aromatic heterocycles. The molecule has 0 aliphatic carbocycles. The predicted octanol–water partition coefficient (Wildman–Crippen LogP) is 2.99. The van der Waals surface area contributed by atoms with E-state index in [1.165, 1.54) is 0 Å². The normalized spacial score (nSPS) is 19.4. The van der Waals surface area contributed by atoms with Crippen LogP contribution in [0, 0.1) is 0 Å². The van der Waals surface area contributed by atoms with Crippen LogP contribution < -0.4 is 10.1 Å². The van der Waals surface area contributed by atoms with E-state index < -0.39 is 0 Å². The summed E-state index contributed by atoms with van der Waals surface area (Å²) in [6.07, 6.45) is 1.11. The molecule has 0 radical (unpaired) electrons. The van der Waals surface area contributed by atoms with Crippen molar-refractivity contribution in [3.05, 3.63) is 24.3 Å². The van der Waals surface area contributed by atoms with Crippen LogP contribution in [0.4, 0.5) is 5.69 Å². The molecule has 1 aromatic rings. The van der Waals surface area contributed by atoms with Crippen LogP contribution >= 0.6 is 11.8 Å². The molecule has 1 atom stereocenters. The van der Waals surface area contributed by atoms with Gasteiger partial charge < -0.3 is 10.1 Å². The van der Waals surface area contributed by atoms with Crippen molar-refractivity contribution < 1.29 is 4.74 Å². The number of rotatable bonds is 3. The summed E-state index contributed by atoms with van der Waals surface area (Å²) in [6.45, 7) is 2.17. The molecular weight excluding hydrogens is 220 g/mol. The van der Waals surface area contributed by atoms with Crippen LogP contribution in [0.15, 0.2) is 29.3 Å². The molecule has 1 N–H and O–H groups in total. The summed E-state index contributed by atoms with van der Waals surface area (Å²) in [5, 5.41) is 4.33. The van der Waals surface area contributed by atoms with Crippen molar-refractivity contribution in [3.63, 3.8) is 0 Å². The van der Waals surface area contributed by atoms with E-state index in [4.69, 9.17) is 4.74 Å². The lowest BCUT2D eigenvalue weighted by molar-refractivity contribution is 0.415. The Hall–Kier alpha value is -1.16.